The number of likely N-dealkylation sites (N-methyl/N-ethyl adjacent to an activating group) is 1. The third kappa shape index (κ3) is 4.36. The average Bonchev–Trinajstić information content (AvgIpc) is 2.16. The lowest BCUT2D eigenvalue weighted by molar-refractivity contribution is 0.320. The van der Waals surface area contributed by atoms with Crippen LogP contribution in [0, 0.1) is 5.82 Å². The number of hydrogen-bond acceptors (Lipinski definition) is 2. The van der Waals surface area contributed by atoms with Crippen LogP contribution in [0.15, 0.2) is 24.3 Å². The number of halogens is 1. The second kappa shape index (κ2) is 5.78. The monoisotopic (exact) mass is 226 g/mol. The molecular formula is C11H15FN2S. The Morgan fingerprint density at radius 3 is 2.80 bits per heavy atom. The smallest absolute Gasteiger partial charge is 0.123 e. The first-order chi connectivity index (χ1) is 7.11. The van der Waals surface area contributed by atoms with E-state index in [1.165, 1.54) is 12.1 Å². The van der Waals surface area contributed by atoms with Crippen molar-refractivity contribution < 1.29 is 4.39 Å². The Balaban J connectivity index is 2.62. The highest BCUT2D eigenvalue weighted by molar-refractivity contribution is 7.80. The Labute approximate surface area is 94.9 Å². The molecule has 0 aliphatic carbocycles. The second-order valence-corrected chi connectivity index (χ2v) is 3.92. The lowest BCUT2D eigenvalue weighted by atomic mass is 10.2. The third-order valence-corrected chi connectivity index (χ3v) is 2.25. The van der Waals surface area contributed by atoms with Gasteiger partial charge in [0.2, 0.25) is 0 Å². The summed E-state index contributed by atoms with van der Waals surface area (Å²) in [6, 6.07) is 6.57. The predicted molar refractivity (Wildman–Crippen MR) is 64.1 cm³/mol. The number of nitrogens with two attached hydrogens (primary N) is 1. The summed E-state index contributed by atoms with van der Waals surface area (Å²) < 4.78 is 12.9. The zero-order chi connectivity index (χ0) is 11.3. The maximum Gasteiger partial charge on any atom is 0.123 e. The van der Waals surface area contributed by atoms with Crippen LogP contribution in [0.25, 0.3) is 0 Å². The van der Waals surface area contributed by atoms with Crippen LogP contribution in [-0.4, -0.2) is 23.0 Å². The molecule has 0 heterocycles. The number of hydrogen-bond donors (Lipinski definition) is 1. The minimum absolute atomic E-state index is 0.209. The topological polar surface area (TPSA) is 29.3 Å². The lowest BCUT2D eigenvalue weighted by Gasteiger charge is -2.19. The van der Waals surface area contributed by atoms with Crippen molar-refractivity contribution in [3.63, 3.8) is 0 Å². The lowest BCUT2D eigenvalue weighted by Crippen LogP contribution is -2.32. The van der Waals surface area contributed by atoms with Gasteiger partial charge in [0.05, 0.1) is 4.99 Å². The first-order valence-corrected chi connectivity index (χ1v) is 5.27. The van der Waals surface area contributed by atoms with Crippen LogP contribution in [0.5, 0.6) is 0 Å². The van der Waals surface area contributed by atoms with Crippen LogP contribution in [0.1, 0.15) is 12.5 Å². The maximum absolute atomic E-state index is 12.9. The van der Waals surface area contributed by atoms with Gasteiger partial charge in [-0.1, -0.05) is 31.3 Å². The normalized spacial score (nSPS) is 10.6. The van der Waals surface area contributed by atoms with Gasteiger partial charge in [-0.3, -0.25) is 4.90 Å². The molecule has 0 spiro atoms. The standard InChI is InChI=1S/C11H15FN2S/c1-2-14(8-11(13)15)7-9-4-3-5-10(12)6-9/h3-6H,2,7-8H2,1H3,(H2,13,15). The largest absolute Gasteiger partial charge is 0.392 e. The minimum atomic E-state index is -0.209. The van der Waals surface area contributed by atoms with Crippen molar-refractivity contribution in [3.05, 3.63) is 35.6 Å². The predicted octanol–water partition coefficient (Wildman–Crippen LogP) is 1.93. The fourth-order valence-electron chi connectivity index (χ4n) is 1.39. The first-order valence-electron chi connectivity index (χ1n) is 4.87. The van der Waals surface area contributed by atoms with E-state index < -0.39 is 0 Å². The summed E-state index contributed by atoms with van der Waals surface area (Å²) in [6.45, 7) is 4.11. The number of thiocarbonyl (C=S) groups is 1. The van der Waals surface area contributed by atoms with Crippen molar-refractivity contribution in [2.75, 3.05) is 13.1 Å². The highest BCUT2D eigenvalue weighted by atomic mass is 32.1. The van der Waals surface area contributed by atoms with E-state index in [0.29, 0.717) is 18.1 Å². The molecule has 0 aromatic heterocycles. The highest BCUT2D eigenvalue weighted by Crippen LogP contribution is 2.06. The zero-order valence-electron chi connectivity index (χ0n) is 8.74. The molecule has 0 amide bonds. The molecular weight excluding hydrogens is 211 g/mol. The van der Waals surface area contributed by atoms with Crippen molar-refractivity contribution in [1.29, 1.82) is 0 Å². The van der Waals surface area contributed by atoms with Gasteiger partial charge in [-0.25, -0.2) is 4.39 Å². The van der Waals surface area contributed by atoms with Crippen LogP contribution in [-0.2, 0) is 6.54 Å². The first kappa shape index (κ1) is 12.1. The summed E-state index contributed by atoms with van der Waals surface area (Å²) in [5.41, 5.74) is 6.41. The molecule has 2 nitrogen and oxygen atoms in total. The zero-order valence-corrected chi connectivity index (χ0v) is 9.56. The summed E-state index contributed by atoms with van der Waals surface area (Å²) in [5, 5.41) is 0. The Morgan fingerprint density at radius 1 is 1.53 bits per heavy atom. The number of benzene rings is 1. The molecule has 1 aromatic rings. The maximum atomic E-state index is 12.9. The Morgan fingerprint density at radius 2 is 2.27 bits per heavy atom. The van der Waals surface area contributed by atoms with Gasteiger partial charge in [0.15, 0.2) is 0 Å². The molecule has 0 saturated heterocycles. The van der Waals surface area contributed by atoms with Crippen molar-refractivity contribution >= 4 is 17.2 Å². The Hall–Kier alpha value is -1.00. The molecule has 0 unspecified atom stereocenters. The van der Waals surface area contributed by atoms with E-state index in [2.05, 4.69) is 4.90 Å². The van der Waals surface area contributed by atoms with Crippen molar-refractivity contribution in [2.45, 2.75) is 13.5 Å². The molecule has 1 aromatic carbocycles. The molecule has 0 aliphatic heterocycles. The summed E-state index contributed by atoms with van der Waals surface area (Å²) in [4.78, 5) is 2.53. The van der Waals surface area contributed by atoms with E-state index in [1.807, 2.05) is 13.0 Å². The summed E-state index contributed by atoms with van der Waals surface area (Å²) in [7, 11) is 0. The SMILES string of the molecule is CCN(CC(N)=S)Cc1cccc(F)c1. The summed E-state index contributed by atoms with van der Waals surface area (Å²) in [6.07, 6.45) is 0. The molecule has 0 saturated carbocycles. The quantitative estimate of drug-likeness (QED) is 0.778. The molecule has 0 radical (unpaired) electrons. The van der Waals surface area contributed by atoms with Crippen molar-refractivity contribution in [3.8, 4) is 0 Å². The van der Waals surface area contributed by atoms with Gasteiger partial charge < -0.3 is 5.73 Å². The molecule has 0 fully saturated rings. The van der Waals surface area contributed by atoms with E-state index in [1.54, 1.807) is 6.07 Å². The van der Waals surface area contributed by atoms with E-state index in [4.69, 9.17) is 18.0 Å². The second-order valence-electron chi connectivity index (χ2n) is 3.40. The molecule has 1 rings (SSSR count). The van der Waals surface area contributed by atoms with Crippen LogP contribution in [0.4, 0.5) is 4.39 Å². The molecule has 0 bridgehead atoms. The third-order valence-electron chi connectivity index (χ3n) is 2.12. The van der Waals surface area contributed by atoms with Gasteiger partial charge >= 0.3 is 0 Å². The van der Waals surface area contributed by atoms with Crippen molar-refractivity contribution in [2.24, 2.45) is 5.73 Å². The Kier molecular flexibility index (Phi) is 4.65. The molecule has 0 atom stereocenters. The molecule has 0 aliphatic rings. The van der Waals surface area contributed by atoms with Crippen LogP contribution >= 0.6 is 12.2 Å². The van der Waals surface area contributed by atoms with Gasteiger partial charge in [-0.05, 0) is 24.2 Å². The molecule has 2 N–H and O–H groups in total. The van der Waals surface area contributed by atoms with E-state index in [0.717, 1.165) is 12.1 Å². The molecule has 15 heavy (non-hydrogen) atoms. The number of rotatable bonds is 5. The van der Waals surface area contributed by atoms with Gasteiger partial charge in [0.1, 0.15) is 5.82 Å². The summed E-state index contributed by atoms with van der Waals surface area (Å²) >= 11 is 4.84. The summed E-state index contributed by atoms with van der Waals surface area (Å²) in [5.74, 6) is -0.209. The number of nitrogens with zero attached hydrogens (tertiary/aromatic N) is 1. The Bertz CT molecular complexity index is 341. The average molecular weight is 226 g/mol. The van der Waals surface area contributed by atoms with Gasteiger partial charge in [0, 0.05) is 13.1 Å². The molecule has 4 heteroatoms. The van der Waals surface area contributed by atoms with Crippen LogP contribution < -0.4 is 5.73 Å². The fourth-order valence-corrected chi connectivity index (χ4v) is 1.58. The van der Waals surface area contributed by atoms with Gasteiger partial charge in [-0.2, -0.15) is 0 Å². The van der Waals surface area contributed by atoms with Crippen LogP contribution in [0.3, 0.4) is 0 Å². The van der Waals surface area contributed by atoms with Gasteiger partial charge in [-0.15, -0.1) is 0 Å². The highest BCUT2D eigenvalue weighted by Gasteiger charge is 2.05. The van der Waals surface area contributed by atoms with E-state index >= 15 is 0 Å². The fraction of sp³-hybridized carbons (Fsp3) is 0.364. The van der Waals surface area contributed by atoms with Crippen molar-refractivity contribution in [1.82, 2.24) is 4.90 Å². The minimum Gasteiger partial charge on any atom is -0.392 e. The van der Waals surface area contributed by atoms with Crippen LogP contribution in [0.2, 0.25) is 0 Å². The van der Waals surface area contributed by atoms with Gasteiger partial charge in [0.25, 0.3) is 0 Å². The van der Waals surface area contributed by atoms with E-state index in [9.17, 15) is 4.39 Å². The molecule has 82 valence electrons. The van der Waals surface area contributed by atoms with E-state index in [-0.39, 0.29) is 5.82 Å².